The Kier molecular flexibility index (Phi) is 6.13. The monoisotopic (exact) mass is 255 g/mol. The van der Waals surface area contributed by atoms with Crippen LogP contribution in [0.15, 0.2) is 0 Å². The largest absolute Gasteiger partial charge is 0.469 e. The van der Waals surface area contributed by atoms with E-state index in [2.05, 4.69) is 12.2 Å². The second-order valence-corrected chi connectivity index (χ2v) is 6.30. The van der Waals surface area contributed by atoms with Gasteiger partial charge in [-0.25, -0.2) is 0 Å². The lowest BCUT2D eigenvalue weighted by atomic mass is 9.90. The van der Waals surface area contributed by atoms with E-state index in [1.165, 1.54) is 45.6 Å². The summed E-state index contributed by atoms with van der Waals surface area (Å²) in [5.74, 6) is 0.629. The average Bonchev–Trinajstić information content (AvgIpc) is 2.63. The predicted octanol–water partition coefficient (Wildman–Crippen LogP) is 3.13. The lowest BCUT2D eigenvalue weighted by Gasteiger charge is -2.28. The summed E-state index contributed by atoms with van der Waals surface area (Å²) in [6.07, 6.45) is 8.14. The molecule has 1 saturated carbocycles. The van der Waals surface area contributed by atoms with E-state index < -0.39 is 5.41 Å². The zero-order valence-corrected chi connectivity index (χ0v) is 12.4. The van der Waals surface area contributed by atoms with Crippen LogP contribution >= 0.6 is 0 Å². The molecular weight excluding hydrogens is 226 g/mol. The van der Waals surface area contributed by atoms with E-state index in [9.17, 15) is 4.79 Å². The maximum atomic E-state index is 11.6. The number of hydrogen-bond acceptors (Lipinski definition) is 3. The molecule has 18 heavy (non-hydrogen) atoms. The number of rotatable bonds is 5. The van der Waals surface area contributed by atoms with Crippen LogP contribution in [0.5, 0.6) is 0 Å². The van der Waals surface area contributed by atoms with Crippen LogP contribution in [0.4, 0.5) is 0 Å². The van der Waals surface area contributed by atoms with E-state index >= 15 is 0 Å². The molecule has 0 aromatic heterocycles. The highest BCUT2D eigenvalue weighted by atomic mass is 16.5. The highest BCUT2D eigenvalue weighted by Gasteiger charge is 2.30. The van der Waals surface area contributed by atoms with E-state index in [1.54, 1.807) is 0 Å². The Morgan fingerprint density at radius 3 is 2.33 bits per heavy atom. The fourth-order valence-corrected chi connectivity index (χ4v) is 2.74. The zero-order valence-electron chi connectivity index (χ0n) is 12.4. The predicted molar refractivity (Wildman–Crippen MR) is 74.5 cm³/mol. The quantitative estimate of drug-likeness (QED) is 0.606. The topological polar surface area (TPSA) is 38.3 Å². The third kappa shape index (κ3) is 4.60. The molecule has 0 amide bonds. The third-order valence-electron chi connectivity index (χ3n) is 4.21. The smallest absolute Gasteiger partial charge is 0.312 e. The maximum absolute atomic E-state index is 11.6. The van der Waals surface area contributed by atoms with Gasteiger partial charge >= 0.3 is 5.97 Å². The number of carbonyl (C=O) groups excluding carboxylic acids is 1. The van der Waals surface area contributed by atoms with Crippen LogP contribution in [-0.4, -0.2) is 25.7 Å². The molecule has 0 bridgehead atoms. The van der Waals surface area contributed by atoms with Crippen LogP contribution in [0.3, 0.4) is 0 Å². The number of hydrogen-bond donors (Lipinski definition) is 1. The zero-order chi connectivity index (χ0) is 13.6. The minimum atomic E-state index is -0.437. The van der Waals surface area contributed by atoms with Crippen molar-refractivity contribution in [1.29, 1.82) is 0 Å². The Bertz CT molecular complexity index is 255. The van der Waals surface area contributed by atoms with Gasteiger partial charge in [0.25, 0.3) is 0 Å². The van der Waals surface area contributed by atoms with E-state index in [0.29, 0.717) is 12.6 Å². The van der Waals surface area contributed by atoms with Crippen LogP contribution in [0.1, 0.15) is 59.3 Å². The van der Waals surface area contributed by atoms with E-state index in [-0.39, 0.29) is 5.97 Å². The van der Waals surface area contributed by atoms with Gasteiger partial charge in [-0.05, 0) is 39.5 Å². The average molecular weight is 255 g/mol. The van der Waals surface area contributed by atoms with Gasteiger partial charge in [-0.2, -0.15) is 0 Å². The number of esters is 1. The van der Waals surface area contributed by atoms with E-state index in [4.69, 9.17) is 4.74 Å². The minimum Gasteiger partial charge on any atom is -0.469 e. The second kappa shape index (κ2) is 7.13. The van der Waals surface area contributed by atoms with Crippen molar-refractivity contribution in [2.45, 2.75) is 65.3 Å². The van der Waals surface area contributed by atoms with Crippen molar-refractivity contribution in [2.24, 2.45) is 11.3 Å². The molecule has 3 heteroatoms. The van der Waals surface area contributed by atoms with Gasteiger partial charge in [0.05, 0.1) is 12.5 Å². The summed E-state index contributed by atoms with van der Waals surface area (Å²) in [4.78, 5) is 11.6. The number of ether oxygens (including phenoxy) is 1. The van der Waals surface area contributed by atoms with Crippen LogP contribution in [0.25, 0.3) is 0 Å². The van der Waals surface area contributed by atoms with Crippen molar-refractivity contribution in [3.05, 3.63) is 0 Å². The molecule has 0 spiro atoms. The van der Waals surface area contributed by atoms with Gasteiger partial charge < -0.3 is 10.1 Å². The summed E-state index contributed by atoms with van der Waals surface area (Å²) in [7, 11) is 1.46. The first-order chi connectivity index (χ1) is 8.47. The highest BCUT2D eigenvalue weighted by Crippen LogP contribution is 2.26. The number of nitrogens with one attached hydrogen (secondary N) is 1. The van der Waals surface area contributed by atoms with Crippen molar-refractivity contribution in [1.82, 2.24) is 5.32 Å². The molecule has 1 atom stereocenters. The first-order valence-corrected chi connectivity index (χ1v) is 7.29. The first kappa shape index (κ1) is 15.5. The number of methoxy groups -OCH3 is 1. The van der Waals surface area contributed by atoms with Gasteiger partial charge in [0.1, 0.15) is 0 Å². The van der Waals surface area contributed by atoms with Gasteiger partial charge in [0.2, 0.25) is 0 Å². The van der Waals surface area contributed by atoms with Gasteiger partial charge in [-0.15, -0.1) is 0 Å². The Hall–Kier alpha value is -0.570. The molecule has 1 rings (SSSR count). The normalized spacial score (nSPS) is 20.2. The van der Waals surface area contributed by atoms with Crippen molar-refractivity contribution in [3.8, 4) is 0 Å². The lowest BCUT2D eigenvalue weighted by molar-refractivity contribution is -0.150. The first-order valence-electron chi connectivity index (χ1n) is 7.29. The molecule has 0 radical (unpaired) electrons. The van der Waals surface area contributed by atoms with E-state index in [0.717, 1.165) is 5.92 Å². The Balaban J connectivity index is 2.39. The molecule has 0 heterocycles. The second-order valence-electron chi connectivity index (χ2n) is 6.30. The van der Waals surface area contributed by atoms with Crippen molar-refractivity contribution in [2.75, 3.05) is 13.7 Å². The van der Waals surface area contributed by atoms with Crippen LogP contribution in [0.2, 0.25) is 0 Å². The summed E-state index contributed by atoms with van der Waals surface area (Å²) >= 11 is 0. The summed E-state index contributed by atoms with van der Waals surface area (Å²) < 4.78 is 4.83. The maximum Gasteiger partial charge on any atom is 0.312 e. The fourth-order valence-electron chi connectivity index (χ4n) is 2.74. The van der Waals surface area contributed by atoms with Crippen molar-refractivity contribution in [3.63, 3.8) is 0 Å². The standard InChI is InChI=1S/C15H29NO2/c1-12(13-9-7-5-6-8-10-13)16-11-15(2,3)14(17)18-4/h12-13,16H,5-11H2,1-4H3/t12-/m0/s1. The SMILES string of the molecule is COC(=O)C(C)(C)CN[C@@H](C)C1CCCCCC1. The summed E-state index contributed by atoms with van der Waals surface area (Å²) in [5.41, 5.74) is -0.437. The van der Waals surface area contributed by atoms with E-state index in [1.807, 2.05) is 13.8 Å². The van der Waals surface area contributed by atoms with Gasteiger partial charge in [-0.1, -0.05) is 25.7 Å². The van der Waals surface area contributed by atoms with Crippen LogP contribution in [-0.2, 0) is 9.53 Å². The van der Waals surface area contributed by atoms with Gasteiger partial charge in [-0.3, -0.25) is 4.79 Å². The molecule has 1 fully saturated rings. The molecular formula is C15H29NO2. The van der Waals surface area contributed by atoms with Gasteiger partial charge in [0, 0.05) is 12.6 Å². The molecule has 3 nitrogen and oxygen atoms in total. The molecule has 0 aromatic carbocycles. The molecule has 1 aliphatic rings. The molecule has 106 valence electrons. The summed E-state index contributed by atoms with van der Waals surface area (Å²) in [6.45, 7) is 6.82. The highest BCUT2D eigenvalue weighted by molar-refractivity contribution is 5.76. The molecule has 0 aromatic rings. The summed E-state index contributed by atoms with van der Waals surface area (Å²) in [5, 5.41) is 3.53. The fraction of sp³-hybridized carbons (Fsp3) is 0.933. The molecule has 1 N–H and O–H groups in total. The summed E-state index contributed by atoms with van der Waals surface area (Å²) in [6, 6.07) is 0.493. The minimum absolute atomic E-state index is 0.136. The Morgan fingerprint density at radius 1 is 1.28 bits per heavy atom. The molecule has 0 saturated heterocycles. The van der Waals surface area contributed by atoms with Crippen LogP contribution in [0, 0.1) is 11.3 Å². The molecule has 1 aliphatic carbocycles. The molecule has 0 aliphatic heterocycles. The van der Waals surface area contributed by atoms with Crippen molar-refractivity contribution < 1.29 is 9.53 Å². The lowest BCUT2D eigenvalue weighted by Crippen LogP contribution is -2.43. The molecule has 0 unspecified atom stereocenters. The van der Waals surface area contributed by atoms with Crippen LogP contribution < -0.4 is 5.32 Å². The van der Waals surface area contributed by atoms with Crippen molar-refractivity contribution >= 4 is 5.97 Å². The number of carbonyl (C=O) groups is 1. The Labute approximate surface area is 112 Å². The van der Waals surface area contributed by atoms with Gasteiger partial charge in [0.15, 0.2) is 0 Å². The Morgan fingerprint density at radius 2 is 1.83 bits per heavy atom. The third-order valence-corrected chi connectivity index (χ3v) is 4.21.